The van der Waals surface area contributed by atoms with Gasteiger partial charge < -0.3 is 9.84 Å². The third kappa shape index (κ3) is 4.29. The highest BCUT2D eigenvalue weighted by Gasteiger charge is 2.11. The van der Waals surface area contributed by atoms with Crippen LogP contribution in [0.15, 0.2) is 59.3 Å². The van der Waals surface area contributed by atoms with E-state index in [1.54, 1.807) is 18.3 Å². The average molecular weight is 390 g/mol. The number of carbonyl (C=O) groups excluding carboxylic acids is 1. The number of aromatic nitrogens is 3. The van der Waals surface area contributed by atoms with Gasteiger partial charge in [0.05, 0.1) is 11.2 Å². The first-order chi connectivity index (χ1) is 14.1. The Morgan fingerprint density at radius 2 is 1.97 bits per heavy atom. The van der Waals surface area contributed by atoms with Crippen molar-refractivity contribution in [2.75, 3.05) is 5.32 Å². The molecular weight excluding hydrogens is 371 g/mol. The maximum Gasteiger partial charge on any atom is 0.226 e. The van der Waals surface area contributed by atoms with Crippen LogP contribution in [-0.4, -0.2) is 21.0 Å². The minimum Gasteiger partial charge on any atom is -0.339 e. The molecule has 146 valence electrons. The fourth-order valence-corrected chi connectivity index (χ4v) is 3.11. The molecule has 0 aliphatic carbocycles. The number of amides is 1. The molecule has 1 amide bonds. The second kappa shape index (κ2) is 8.18. The second-order valence-corrected chi connectivity index (χ2v) is 6.75. The fraction of sp³-hybridized carbons (Fsp3) is 0.182. The van der Waals surface area contributed by atoms with Gasteiger partial charge in [0.15, 0.2) is 0 Å². The number of carbonyl (C=O) groups is 1. The van der Waals surface area contributed by atoms with Crippen molar-refractivity contribution >= 4 is 22.5 Å². The SMILES string of the molecule is Cc1ccc(NC(=O)CCCc2nc(-c3ccc(F)cc3)no2)c2cccnc12. The van der Waals surface area contributed by atoms with Crippen LogP contribution in [-0.2, 0) is 11.2 Å². The topological polar surface area (TPSA) is 80.9 Å². The second-order valence-electron chi connectivity index (χ2n) is 6.75. The van der Waals surface area contributed by atoms with Crippen molar-refractivity contribution in [3.8, 4) is 11.4 Å². The van der Waals surface area contributed by atoms with Crippen LogP contribution in [0.25, 0.3) is 22.3 Å². The maximum absolute atomic E-state index is 13.0. The molecule has 0 aliphatic heterocycles. The lowest BCUT2D eigenvalue weighted by Crippen LogP contribution is -2.12. The molecule has 0 atom stereocenters. The Labute approximate surface area is 166 Å². The van der Waals surface area contributed by atoms with Crippen LogP contribution in [0.3, 0.4) is 0 Å². The van der Waals surface area contributed by atoms with Crippen LogP contribution in [0.2, 0.25) is 0 Å². The van der Waals surface area contributed by atoms with Gasteiger partial charge >= 0.3 is 0 Å². The third-order valence-electron chi connectivity index (χ3n) is 4.61. The van der Waals surface area contributed by atoms with E-state index in [1.807, 2.05) is 31.2 Å². The van der Waals surface area contributed by atoms with E-state index >= 15 is 0 Å². The van der Waals surface area contributed by atoms with Crippen LogP contribution < -0.4 is 5.32 Å². The number of nitrogens with zero attached hydrogens (tertiary/aromatic N) is 3. The number of fused-ring (bicyclic) bond motifs is 1. The van der Waals surface area contributed by atoms with Crippen molar-refractivity contribution in [3.05, 3.63) is 72.0 Å². The first-order valence-corrected chi connectivity index (χ1v) is 9.33. The van der Waals surface area contributed by atoms with E-state index in [9.17, 15) is 9.18 Å². The van der Waals surface area contributed by atoms with Crippen LogP contribution in [0.4, 0.5) is 10.1 Å². The van der Waals surface area contributed by atoms with Crippen molar-refractivity contribution < 1.29 is 13.7 Å². The lowest BCUT2D eigenvalue weighted by molar-refractivity contribution is -0.116. The summed E-state index contributed by atoms with van der Waals surface area (Å²) in [4.78, 5) is 21.0. The molecule has 0 aliphatic rings. The molecule has 0 saturated carbocycles. The lowest BCUT2D eigenvalue weighted by Gasteiger charge is -2.09. The molecule has 0 unspecified atom stereocenters. The summed E-state index contributed by atoms with van der Waals surface area (Å²) in [5, 5.41) is 7.78. The van der Waals surface area contributed by atoms with Crippen LogP contribution in [0, 0.1) is 12.7 Å². The van der Waals surface area contributed by atoms with E-state index in [0.717, 1.165) is 22.2 Å². The molecule has 6 nitrogen and oxygen atoms in total. The zero-order valence-electron chi connectivity index (χ0n) is 15.9. The molecule has 4 aromatic rings. The van der Waals surface area contributed by atoms with E-state index in [-0.39, 0.29) is 11.7 Å². The molecular formula is C22H19FN4O2. The molecule has 0 saturated heterocycles. The van der Waals surface area contributed by atoms with Crippen molar-refractivity contribution in [1.29, 1.82) is 0 Å². The van der Waals surface area contributed by atoms with Crippen LogP contribution >= 0.6 is 0 Å². The zero-order valence-corrected chi connectivity index (χ0v) is 15.9. The van der Waals surface area contributed by atoms with Crippen molar-refractivity contribution in [2.45, 2.75) is 26.2 Å². The first-order valence-electron chi connectivity index (χ1n) is 9.33. The van der Waals surface area contributed by atoms with Crippen molar-refractivity contribution in [3.63, 3.8) is 0 Å². The predicted molar refractivity (Wildman–Crippen MR) is 108 cm³/mol. The normalized spacial score (nSPS) is 11.0. The van der Waals surface area contributed by atoms with E-state index < -0.39 is 0 Å². The van der Waals surface area contributed by atoms with Gasteiger partial charge in [-0.1, -0.05) is 11.2 Å². The molecule has 2 aromatic heterocycles. The highest BCUT2D eigenvalue weighted by atomic mass is 19.1. The Balaban J connectivity index is 1.34. The summed E-state index contributed by atoms with van der Waals surface area (Å²) in [5.74, 6) is 0.447. The number of nitrogens with one attached hydrogen (secondary N) is 1. The van der Waals surface area contributed by atoms with Gasteiger partial charge in [0.25, 0.3) is 0 Å². The number of hydrogen-bond acceptors (Lipinski definition) is 5. The summed E-state index contributed by atoms with van der Waals surface area (Å²) in [7, 11) is 0. The number of rotatable bonds is 6. The van der Waals surface area contributed by atoms with Gasteiger partial charge in [-0.05, 0) is 61.4 Å². The first kappa shape index (κ1) is 18.7. The molecule has 1 N–H and O–H groups in total. The summed E-state index contributed by atoms with van der Waals surface area (Å²) in [6.45, 7) is 1.99. The molecule has 29 heavy (non-hydrogen) atoms. The zero-order chi connectivity index (χ0) is 20.2. The number of anilines is 1. The van der Waals surface area contributed by atoms with E-state index in [1.165, 1.54) is 12.1 Å². The van der Waals surface area contributed by atoms with Gasteiger partial charge in [0.2, 0.25) is 17.6 Å². The lowest BCUT2D eigenvalue weighted by atomic mass is 10.1. The molecule has 7 heteroatoms. The molecule has 0 fully saturated rings. The Kier molecular flexibility index (Phi) is 5.29. The van der Waals surface area contributed by atoms with Crippen LogP contribution in [0.5, 0.6) is 0 Å². The van der Waals surface area contributed by atoms with Gasteiger partial charge in [-0.2, -0.15) is 4.98 Å². The van der Waals surface area contributed by atoms with Crippen molar-refractivity contribution in [1.82, 2.24) is 15.1 Å². The third-order valence-corrected chi connectivity index (χ3v) is 4.61. The van der Waals surface area contributed by atoms with Gasteiger partial charge in [0.1, 0.15) is 5.82 Å². The van der Waals surface area contributed by atoms with Gasteiger partial charge in [-0.15, -0.1) is 0 Å². The smallest absolute Gasteiger partial charge is 0.226 e. The Hall–Kier alpha value is -3.61. The van der Waals surface area contributed by atoms with Crippen LogP contribution in [0.1, 0.15) is 24.3 Å². The molecule has 0 spiro atoms. The highest BCUT2D eigenvalue weighted by Crippen LogP contribution is 2.25. The van der Waals surface area contributed by atoms with E-state index in [2.05, 4.69) is 20.4 Å². The summed E-state index contributed by atoms with van der Waals surface area (Å²) < 4.78 is 18.2. The average Bonchev–Trinajstić information content (AvgIpc) is 3.20. The summed E-state index contributed by atoms with van der Waals surface area (Å²) in [6.07, 6.45) is 3.12. The Morgan fingerprint density at radius 3 is 2.79 bits per heavy atom. The molecule has 4 rings (SSSR count). The summed E-state index contributed by atoms with van der Waals surface area (Å²) in [5.41, 5.74) is 3.37. The minimum atomic E-state index is -0.319. The van der Waals surface area contributed by atoms with E-state index in [4.69, 9.17) is 4.52 Å². The Morgan fingerprint density at radius 1 is 1.14 bits per heavy atom. The minimum absolute atomic E-state index is 0.0859. The van der Waals surface area contributed by atoms with Gasteiger partial charge in [-0.3, -0.25) is 9.78 Å². The number of halogens is 1. The molecule has 2 aromatic carbocycles. The fourth-order valence-electron chi connectivity index (χ4n) is 3.11. The molecule has 0 radical (unpaired) electrons. The maximum atomic E-state index is 13.0. The molecule has 0 bridgehead atoms. The van der Waals surface area contributed by atoms with Crippen molar-refractivity contribution in [2.24, 2.45) is 0 Å². The number of aryl methyl sites for hydroxylation is 2. The monoisotopic (exact) mass is 390 g/mol. The van der Waals surface area contributed by atoms with E-state index in [0.29, 0.717) is 36.5 Å². The predicted octanol–water partition coefficient (Wildman–Crippen LogP) is 4.69. The quantitative estimate of drug-likeness (QED) is 0.516. The molecule has 2 heterocycles. The summed E-state index contributed by atoms with van der Waals surface area (Å²) in [6, 6.07) is 13.5. The number of pyridine rings is 1. The number of benzene rings is 2. The largest absolute Gasteiger partial charge is 0.339 e. The summed E-state index contributed by atoms with van der Waals surface area (Å²) >= 11 is 0. The van der Waals surface area contributed by atoms with Gasteiger partial charge in [0, 0.05) is 30.0 Å². The Bertz CT molecular complexity index is 1160. The van der Waals surface area contributed by atoms with Gasteiger partial charge in [-0.25, -0.2) is 4.39 Å². The highest BCUT2D eigenvalue weighted by molar-refractivity contribution is 6.01. The number of hydrogen-bond donors (Lipinski definition) is 1. The standard InChI is InChI=1S/C22H19FN4O2/c1-14-7-12-18(17-4-3-13-24-21(14)17)25-19(28)5-2-6-20-26-22(27-29-20)15-8-10-16(23)11-9-15/h3-4,7-13H,2,5-6H2,1H3,(H,25,28).